The van der Waals surface area contributed by atoms with Gasteiger partial charge in [-0.15, -0.1) is 11.3 Å². The molecule has 0 aromatic carbocycles. The van der Waals surface area contributed by atoms with Gasteiger partial charge in [0.2, 0.25) is 0 Å². The summed E-state index contributed by atoms with van der Waals surface area (Å²) in [5.74, 6) is 0. The van der Waals surface area contributed by atoms with E-state index in [0.29, 0.717) is 10.8 Å². The van der Waals surface area contributed by atoms with Gasteiger partial charge in [0.1, 0.15) is 4.21 Å². The third-order valence-corrected chi connectivity index (χ3v) is 7.11. The fourth-order valence-electron chi connectivity index (χ4n) is 2.57. The van der Waals surface area contributed by atoms with Crippen molar-refractivity contribution in [1.82, 2.24) is 9.62 Å². The Morgan fingerprint density at radius 2 is 2.05 bits per heavy atom. The van der Waals surface area contributed by atoms with Crippen LogP contribution in [0.15, 0.2) is 15.7 Å². The molecule has 108 valence electrons. The fraction of sp³-hybridized carbons (Fsp3) is 0.692. The average Bonchev–Trinajstić information content (AvgIpc) is 2.89. The molecule has 1 heterocycles. The zero-order chi connectivity index (χ0) is 13.9. The van der Waals surface area contributed by atoms with Crippen LogP contribution in [0.3, 0.4) is 0 Å². The van der Waals surface area contributed by atoms with Gasteiger partial charge in [-0.25, -0.2) is 8.42 Å². The van der Waals surface area contributed by atoms with Crippen LogP contribution in [0.1, 0.15) is 37.7 Å². The van der Waals surface area contributed by atoms with Gasteiger partial charge in [0.25, 0.3) is 10.0 Å². The minimum absolute atomic E-state index is 0.175. The Hall–Kier alpha value is -0.430. The summed E-state index contributed by atoms with van der Waals surface area (Å²) in [4.78, 5) is 0. The predicted molar refractivity (Wildman–Crippen MR) is 78.9 cm³/mol. The molecule has 1 aromatic rings. The molecule has 6 heteroatoms. The van der Waals surface area contributed by atoms with E-state index >= 15 is 0 Å². The Morgan fingerprint density at radius 1 is 1.37 bits per heavy atom. The van der Waals surface area contributed by atoms with Gasteiger partial charge in [0.15, 0.2) is 0 Å². The molecule has 0 amide bonds. The molecule has 1 saturated carbocycles. The fourth-order valence-corrected chi connectivity index (χ4v) is 5.38. The maximum atomic E-state index is 12.6. The normalized spacial score (nSPS) is 18.1. The lowest BCUT2D eigenvalue weighted by atomic mass is 9.96. The van der Waals surface area contributed by atoms with Crippen molar-refractivity contribution in [3.8, 4) is 0 Å². The number of thiophene rings is 1. The Labute approximate surface area is 119 Å². The lowest BCUT2D eigenvalue weighted by Crippen LogP contribution is -2.37. The molecule has 0 aliphatic heterocycles. The second-order valence-corrected chi connectivity index (χ2v) is 8.25. The Morgan fingerprint density at radius 3 is 2.68 bits per heavy atom. The van der Waals surface area contributed by atoms with Gasteiger partial charge in [-0.05, 0) is 36.9 Å². The SMILES string of the molecule is CNCc1csc(S(=O)(=O)N(C)C2CCCCC2)c1. The molecule has 0 spiro atoms. The van der Waals surface area contributed by atoms with Crippen molar-refractivity contribution in [2.75, 3.05) is 14.1 Å². The maximum Gasteiger partial charge on any atom is 0.252 e. The average molecular weight is 302 g/mol. The van der Waals surface area contributed by atoms with Crippen LogP contribution >= 0.6 is 11.3 Å². The summed E-state index contributed by atoms with van der Waals surface area (Å²) < 4.78 is 27.2. The van der Waals surface area contributed by atoms with Crippen molar-refractivity contribution < 1.29 is 8.42 Å². The van der Waals surface area contributed by atoms with E-state index in [-0.39, 0.29) is 6.04 Å². The molecular weight excluding hydrogens is 280 g/mol. The van der Waals surface area contributed by atoms with Crippen molar-refractivity contribution in [1.29, 1.82) is 0 Å². The molecule has 1 N–H and O–H groups in total. The zero-order valence-corrected chi connectivity index (χ0v) is 13.2. The molecule has 1 aromatic heterocycles. The minimum atomic E-state index is -3.31. The Kier molecular flexibility index (Phi) is 5.00. The van der Waals surface area contributed by atoms with Gasteiger partial charge in [0.05, 0.1) is 0 Å². The van der Waals surface area contributed by atoms with Crippen LogP contribution < -0.4 is 5.32 Å². The first-order valence-electron chi connectivity index (χ1n) is 6.75. The summed E-state index contributed by atoms with van der Waals surface area (Å²) in [6.45, 7) is 0.708. The first kappa shape index (κ1) is 15.0. The van der Waals surface area contributed by atoms with Crippen molar-refractivity contribution in [3.05, 3.63) is 17.0 Å². The van der Waals surface area contributed by atoms with Crippen LogP contribution in [0.25, 0.3) is 0 Å². The van der Waals surface area contributed by atoms with Crippen LogP contribution in [0.2, 0.25) is 0 Å². The van der Waals surface area contributed by atoms with E-state index < -0.39 is 10.0 Å². The van der Waals surface area contributed by atoms with Crippen molar-refractivity contribution >= 4 is 21.4 Å². The van der Waals surface area contributed by atoms with Gasteiger partial charge in [-0.2, -0.15) is 4.31 Å². The number of nitrogens with zero attached hydrogens (tertiary/aromatic N) is 1. The third-order valence-electron chi connectivity index (χ3n) is 3.73. The van der Waals surface area contributed by atoms with Crippen LogP contribution in [0.5, 0.6) is 0 Å². The van der Waals surface area contributed by atoms with Crippen LogP contribution in [0.4, 0.5) is 0 Å². The molecule has 0 unspecified atom stereocenters. The Bertz CT molecular complexity index is 504. The minimum Gasteiger partial charge on any atom is -0.316 e. The van der Waals surface area contributed by atoms with Gasteiger partial charge >= 0.3 is 0 Å². The van der Waals surface area contributed by atoms with E-state index in [9.17, 15) is 8.42 Å². The molecule has 1 aliphatic rings. The highest BCUT2D eigenvalue weighted by molar-refractivity contribution is 7.91. The molecule has 0 bridgehead atoms. The van der Waals surface area contributed by atoms with Crippen LogP contribution in [-0.2, 0) is 16.6 Å². The highest BCUT2D eigenvalue weighted by Gasteiger charge is 2.29. The largest absolute Gasteiger partial charge is 0.316 e. The predicted octanol–water partition coefficient (Wildman–Crippen LogP) is 2.42. The molecule has 1 fully saturated rings. The molecule has 2 rings (SSSR count). The molecule has 19 heavy (non-hydrogen) atoms. The maximum absolute atomic E-state index is 12.6. The van der Waals surface area contributed by atoms with E-state index in [4.69, 9.17) is 0 Å². The van der Waals surface area contributed by atoms with Crippen LogP contribution in [-0.4, -0.2) is 32.9 Å². The topological polar surface area (TPSA) is 49.4 Å². The third kappa shape index (κ3) is 3.37. The van der Waals surface area contributed by atoms with Crippen molar-refractivity contribution in [2.24, 2.45) is 0 Å². The summed E-state index contributed by atoms with van der Waals surface area (Å²) in [5, 5.41) is 4.95. The molecular formula is C13H22N2O2S2. The van der Waals surface area contributed by atoms with E-state index in [0.717, 1.165) is 31.2 Å². The van der Waals surface area contributed by atoms with Crippen molar-refractivity contribution in [2.45, 2.75) is 48.9 Å². The zero-order valence-electron chi connectivity index (χ0n) is 11.6. The number of rotatable bonds is 5. The monoisotopic (exact) mass is 302 g/mol. The second kappa shape index (κ2) is 6.35. The quantitative estimate of drug-likeness (QED) is 0.909. The summed E-state index contributed by atoms with van der Waals surface area (Å²) in [5.41, 5.74) is 1.03. The van der Waals surface area contributed by atoms with E-state index in [2.05, 4.69) is 5.32 Å². The molecule has 0 atom stereocenters. The van der Waals surface area contributed by atoms with E-state index in [1.165, 1.54) is 17.8 Å². The van der Waals surface area contributed by atoms with Gasteiger partial charge in [-0.3, -0.25) is 0 Å². The summed E-state index contributed by atoms with van der Waals surface area (Å²) in [6.07, 6.45) is 5.49. The first-order valence-corrected chi connectivity index (χ1v) is 9.07. The Balaban J connectivity index is 2.15. The second-order valence-electron chi connectivity index (χ2n) is 5.12. The van der Waals surface area contributed by atoms with E-state index in [1.807, 2.05) is 12.4 Å². The number of hydrogen-bond acceptors (Lipinski definition) is 4. The lowest BCUT2D eigenvalue weighted by Gasteiger charge is -2.29. The van der Waals surface area contributed by atoms with Crippen molar-refractivity contribution in [3.63, 3.8) is 0 Å². The molecule has 0 saturated heterocycles. The van der Waals surface area contributed by atoms with E-state index in [1.54, 1.807) is 17.4 Å². The smallest absolute Gasteiger partial charge is 0.252 e. The standard InChI is InChI=1S/C13H22N2O2S2/c1-14-9-11-8-13(18-10-11)19(16,17)15(2)12-6-4-3-5-7-12/h8,10,12,14H,3-7,9H2,1-2H3. The summed E-state index contributed by atoms with van der Waals surface area (Å²) in [6, 6.07) is 1.96. The molecule has 0 radical (unpaired) electrons. The van der Waals surface area contributed by atoms with Gasteiger partial charge in [0, 0.05) is 19.6 Å². The lowest BCUT2D eigenvalue weighted by molar-refractivity contribution is 0.286. The number of sulfonamides is 1. The number of nitrogens with one attached hydrogen (secondary N) is 1. The van der Waals surface area contributed by atoms with Gasteiger partial charge in [-0.1, -0.05) is 19.3 Å². The number of hydrogen-bond donors (Lipinski definition) is 1. The first-order chi connectivity index (χ1) is 9.05. The highest BCUT2D eigenvalue weighted by atomic mass is 32.2. The van der Waals surface area contributed by atoms with Crippen LogP contribution in [0, 0.1) is 0 Å². The summed E-state index contributed by atoms with van der Waals surface area (Å²) >= 11 is 1.32. The molecule has 4 nitrogen and oxygen atoms in total. The summed E-state index contributed by atoms with van der Waals surface area (Å²) in [7, 11) is 0.274. The van der Waals surface area contributed by atoms with Gasteiger partial charge < -0.3 is 5.32 Å². The molecule has 1 aliphatic carbocycles. The highest BCUT2D eigenvalue weighted by Crippen LogP contribution is 2.29.